The van der Waals surface area contributed by atoms with Crippen LogP contribution in [-0.2, 0) is 6.42 Å². The molecule has 0 bridgehead atoms. The van der Waals surface area contributed by atoms with Gasteiger partial charge in [-0.3, -0.25) is 0 Å². The first-order valence-electron chi connectivity index (χ1n) is 6.66. The Morgan fingerprint density at radius 1 is 1.12 bits per heavy atom. The highest BCUT2D eigenvalue weighted by molar-refractivity contribution is 5.27. The molecule has 1 aromatic rings. The van der Waals surface area contributed by atoms with Gasteiger partial charge in [-0.05, 0) is 50.3 Å². The Morgan fingerprint density at radius 2 is 1.71 bits per heavy atom. The molecule has 2 nitrogen and oxygen atoms in total. The van der Waals surface area contributed by atoms with E-state index in [0.717, 1.165) is 31.4 Å². The fraction of sp³-hybridized carbons (Fsp3) is 0.600. The molecule has 0 aliphatic rings. The number of nitrogens with two attached hydrogens (primary N) is 1. The third kappa shape index (κ3) is 5.22. The van der Waals surface area contributed by atoms with Crippen molar-refractivity contribution in [1.82, 2.24) is 0 Å². The lowest BCUT2D eigenvalue weighted by Gasteiger charge is -2.15. The fourth-order valence-corrected chi connectivity index (χ4v) is 1.78. The van der Waals surface area contributed by atoms with E-state index in [0.29, 0.717) is 6.10 Å². The Bertz CT molecular complexity index is 301. The summed E-state index contributed by atoms with van der Waals surface area (Å²) in [5, 5.41) is 0. The molecule has 1 rings (SSSR count). The Hall–Kier alpha value is -1.02. The van der Waals surface area contributed by atoms with Crippen LogP contribution in [0, 0.1) is 0 Å². The number of hydrogen-bond donors (Lipinski definition) is 1. The van der Waals surface area contributed by atoms with Crippen LogP contribution in [0.4, 0.5) is 0 Å². The fourth-order valence-electron chi connectivity index (χ4n) is 1.78. The molecule has 0 heterocycles. The zero-order chi connectivity index (χ0) is 12.7. The molecule has 0 amide bonds. The van der Waals surface area contributed by atoms with Crippen LogP contribution < -0.4 is 10.5 Å². The summed E-state index contributed by atoms with van der Waals surface area (Å²) < 4.78 is 5.87. The lowest BCUT2D eigenvalue weighted by Crippen LogP contribution is -2.15. The molecular formula is C15H25NO. The van der Waals surface area contributed by atoms with Crippen LogP contribution in [0.15, 0.2) is 24.3 Å². The van der Waals surface area contributed by atoms with Gasteiger partial charge in [0.25, 0.3) is 0 Å². The molecule has 0 aromatic heterocycles. The van der Waals surface area contributed by atoms with Gasteiger partial charge in [0, 0.05) is 6.04 Å². The lowest BCUT2D eigenvalue weighted by molar-refractivity contribution is 0.193. The van der Waals surface area contributed by atoms with E-state index >= 15 is 0 Å². The van der Waals surface area contributed by atoms with Crippen molar-refractivity contribution in [2.24, 2.45) is 5.73 Å². The molecule has 0 radical (unpaired) electrons. The molecule has 96 valence electrons. The van der Waals surface area contributed by atoms with Gasteiger partial charge in [0.05, 0.1) is 6.10 Å². The van der Waals surface area contributed by atoms with Gasteiger partial charge >= 0.3 is 0 Å². The maximum atomic E-state index is 5.87. The van der Waals surface area contributed by atoms with Crippen molar-refractivity contribution in [3.05, 3.63) is 29.8 Å². The first-order valence-corrected chi connectivity index (χ1v) is 6.66. The third-order valence-electron chi connectivity index (χ3n) is 3.03. The Labute approximate surface area is 105 Å². The van der Waals surface area contributed by atoms with Crippen LogP contribution >= 0.6 is 0 Å². The van der Waals surface area contributed by atoms with Gasteiger partial charge in [-0.1, -0.05) is 26.0 Å². The number of aryl methyl sites for hydroxylation is 1. The highest BCUT2D eigenvalue weighted by atomic mass is 16.5. The quantitative estimate of drug-likeness (QED) is 0.784. The molecule has 1 unspecified atom stereocenters. The molecule has 2 heteroatoms. The highest BCUT2D eigenvalue weighted by Gasteiger charge is 2.05. The second-order valence-electron chi connectivity index (χ2n) is 4.72. The van der Waals surface area contributed by atoms with E-state index in [1.54, 1.807) is 0 Å². The van der Waals surface area contributed by atoms with Gasteiger partial charge in [-0.15, -0.1) is 0 Å². The van der Waals surface area contributed by atoms with Gasteiger partial charge < -0.3 is 10.5 Å². The van der Waals surface area contributed by atoms with Crippen LogP contribution in [0.25, 0.3) is 0 Å². The van der Waals surface area contributed by atoms with E-state index in [1.807, 2.05) is 6.92 Å². The zero-order valence-electron chi connectivity index (χ0n) is 11.3. The maximum absolute atomic E-state index is 5.87. The van der Waals surface area contributed by atoms with E-state index < -0.39 is 0 Å². The number of hydrogen-bond acceptors (Lipinski definition) is 2. The van der Waals surface area contributed by atoms with E-state index in [1.165, 1.54) is 5.56 Å². The van der Waals surface area contributed by atoms with E-state index in [4.69, 9.17) is 10.5 Å². The summed E-state index contributed by atoms with van der Waals surface area (Å²) in [5.74, 6) is 0.975. The average molecular weight is 235 g/mol. The summed E-state index contributed by atoms with van der Waals surface area (Å²) in [6.45, 7) is 6.36. The summed E-state index contributed by atoms with van der Waals surface area (Å²) in [5.41, 5.74) is 7.08. The lowest BCUT2D eigenvalue weighted by atomic mass is 10.1. The normalized spacial score (nSPS) is 12.8. The molecule has 0 aliphatic heterocycles. The number of benzene rings is 1. The van der Waals surface area contributed by atoms with Crippen molar-refractivity contribution < 1.29 is 4.74 Å². The standard InChI is InChI=1S/C15H25NO/c1-4-14(5-2)17-15-10-8-13(9-11-15)7-6-12(3)16/h8-12,14H,4-7,16H2,1-3H3. The van der Waals surface area contributed by atoms with E-state index in [2.05, 4.69) is 38.1 Å². The molecule has 0 saturated carbocycles. The van der Waals surface area contributed by atoms with Gasteiger partial charge in [-0.25, -0.2) is 0 Å². The van der Waals surface area contributed by atoms with Gasteiger partial charge in [-0.2, -0.15) is 0 Å². The third-order valence-corrected chi connectivity index (χ3v) is 3.03. The van der Waals surface area contributed by atoms with Gasteiger partial charge in [0.1, 0.15) is 5.75 Å². The molecule has 1 atom stereocenters. The minimum Gasteiger partial charge on any atom is -0.490 e. The molecule has 0 spiro atoms. The van der Waals surface area contributed by atoms with Gasteiger partial charge in [0.2, 0.25) is 0 Å². The molecule has 1 aromatic carbocycles. The first-order chi connectivity index (χ1) is 8.15. The minimum absolute atomic E-state index is 0.274. The van der Waals surface area contributed by atoms with Crippen molar-refractivity contribution in [2.45, 2.75) is 58.6 Å². The largest absolute Gasteiger partial charge is 0.490 e. The molecule has 17 heavy (non-hydrogen) atoms. The van der Waals surface area contributed by atoms with E-state index in [9.17, 15) is 0 Å². The van der Waals surface area contributed by atoms with Crippen molar-refractivity contribution in [1.29, 1.82) is 0 Å². The Balaban J connectivity index is 2.49. The maximum Gasteiger partial charge on any atom is 0.119 e. The number of rotatable bonds is 7. The highest BCUT2D eigenvalue weighted by Crippen LogP contribution is 2.17. The van der Waals surface area contributed by atoms with Gasteiger partial charge in [0.15, 0.2) is 0 Å². The van der Waals surface area contributed by atoms with Crippen molar-refractivity contribution >= 4 is 0 Å². The topological polar surface area (TPSA) is 35.2 Å². The van der Waals surface area contributed by atoms with Crippen LogP contribution in [0.5, 0.6) is 5.75 Å². The van der Waals surface area contributed by atoms with Crippen LogP contribution in [0.1, 0.15) is 45.6 Å². The SMILES string of the molecule is CCC(CC)Oc1ccc(CCC(C)N)cc1. The predicted octanol–water partition coefficient (Wildman–Crippen LogP) is 3.53. The predicted molar refractivity (Wildman–Crippen MR) is 73.4 cm³/mol. The zero-order valence-corrected chi connectivity index (χ0v) is 11.3. The molecule has 2 N–H and O–H groups in total. The molecule has 0 fully saturated rings. The van der Waals surface area contributed by atoms with E-state index in [-0.39, 0.29) is 6.04 Å². The summed E-state index contributed by atoms with van der Waals surface area (Å²) >= 11 is 0. The van der Waals surface area contributed by atoms with Crippen molar-refractivity contribution in [3.8, 4) is 5.75 Å². The minimum atomic E-state index is 0.274. The van der Waals surface area contributed by atoms with Crippen molar-refractivity contribution in [2.75, 3.05) is 0 Å². The summed E-state index contributed by atoms with van der Waals surface area (Å²) in [4.78, 5) is 0. The van der Waals surface area contributed by atoms with Crippen LogP contribution in [0.2, 0.25) is 0 Å². The molecular weight excluding hydrogens is 210 g/mol. The van der Waals surface area contributed by atoms with Crippen LogP contribution in [0.3, 0.4) is 0 Å². The summed E-state index contributed by atoms with van der Waals surface area (Å²) in [7, 11) is 0. The van der Waals surface area contributed by atoms with Crippen LogP contribution in [-0.4, -0.2) is 12.1 Å². The monoisotopic (exact) mass is 235 g/mol. The number of ether oxygens (including phenoxy) is 1. The average Bonchev–Trinajstić information content (AvgIpc) is 2.34. The first kappa shape index (κ1) is 14.0. The Kier molecular flexibility index (Phi) is 6.06. The summed E-state index contributed by atoms with van der Waals surface area (Å²) in [6.07, 6.45) is 4.53. The smallest absolute Gasteiger partial charge is 0.119 e. The Morgan fingerprint density at radius 3 is 2.18 bits per heavy atom. The second kappa shape index (κ2) is 7.33. The van der Waals surface area contributed by atoms with Crippen molar-refractivity contribution in [3.63, 3.8) is 0 Å². The molecule has 0 saturated heterocycles. The molecule has 0 aliphatic carbocycles. The summed E-state index contributed by atoms with van der Waals surface area (Å²) in [6, 6.07) is 8.68. The second-order valence-corrected chi connectivity index (χ2v) is 4.72.